The summed E-state index contributed by atoms with van der Waals surface area (Å²) in [6.07, 6.45) is 1.26. The standard InChI is InChI=1S/C24H19F4N7O/c25-21-14-31-23(34-22(21)15-4-5-17(8-9-36)29-11-15)35-32-13-19-6-7-20(12-30-19)33-18-3-1-2-16(10-18)24(26,27)28/h1-7,10-14,33,36H,8-9H2,(H,31,34,35)/b32-13+. The van der Waals surface area contributed by atoms with Gasteiger partial charge in [0, 0.05) is 36.2 Å². The van der Waals surface area contributed by atoms with Crippen molar-refractivity contribution in [3.8, 4) is 11.3 Å². The molecule has 0 fully saturated rings. The molecule has 3 N–H and O–H groups in total. The Morgan fingerprint density at radius 1 is 0.944 bits per heavy atom. The van der Waals surface area contributed by atoms with Gasteiger partial charge in [-0.3, -0.25) is 9.97 Å². The van der Waals surface area contributed by atoms with Gasteiger partial charge in [0.2, 0.25) is 5.95 Å². The van der Waals surface area contributed by atoms with Gasteiger partial charge < -0.3 is 10.4 Å². The number of hydrazone groups is 1. The molecule has 0 radical (unpaired) electrons. The fraction of sp³-hybridized carbons (Fsp3) is 0.125. The van der Waals surface area contributed by atoms with Crippen molar-refractivity contribution in [2.45, 2.75) is 12.6 Å². The average molecular weight is 497 g/mol. The van der Waals surface area contributed by atoms with E-state index in [-0.39, 0.29) is 23.9 Å². The largest absolute Gasteiger partial charge is 0.416 e. The van der Waals surface area contributed by atoms with Crippen LogP contribution in [0.3, 0.4) is 0 Å². The molecule has 0 aliphatic rings. The fourth-order valence-corrected chi connectivity index (χ4v) is 3.10. The molecule has 0 saturated carbocycles. The molecule has 0 unspecified atom stereocenters. The molecule has 4 aromatic rings. The minimum Gasteiger partial charge on any atom is -0.396 e. The van der Waals surface area contributed by atoms with E-state index in [0.717, 1.165) is 18.3 Å². The molecule has 8 nitrogen and oxygen atoms in total. The quantitative estimate of drug-likeness (QED) is 0.182. The van der Waals surface area contributed by atoms with Gasteiger partial charge >= 0.3 is 6.18 Å². The lowest BCUT2D eigenvalue weighted by molar-refractivity contribution is -0.137. The van der Waals surface area contributed by atoms with E-state index in [1.54, 1.807) is 24.3 Å². The van der Waals surface area contributed by atoms with Gasteiger partial charge in [-0.05, 0) is 42.5 Å². The van der Waals surface area contributed by atoms with Crippen LogP contribution < -0.4 is 10.7 Å². The number of aliphatic hydroxyl groups is 1. The lowest BCUT2D eigenvalue weighted by Gasteiger charge is -2.10. The number of rotatable bonds is 8. The zero-order valence-electron chi connectivity index (χ0n) is 18.5. The predicted molar refractivity (Wildman–Crippen MR) is 126 cm³/mol. The third-order valence-electron chi connectivity index (χ3n) is 4.84. The fourth-order valence-electron chi connectivity index (χ4n) is 3.10. The first-order valence-corrected chi connectivity index (χ1v) is 10.6. The van der Waals surface area contributed by atoms with Crippen LogP contribution in [0.1, 0.15) is 17.0 Å². The summed E-state index contributed by atoms with van der Waals surface area (Å²) in [5.74, 6) is -0.586. The zero-order valence-corrected chi connectivity index (χ0v) is 18.5. The zero-order chi connectivity index (χ0) is 25.5. The van der Waals surface area contributed by atoms with Crippen LogP contribution in [-0.2, 0) is 12.6 Å². The van der Waals surface area contributed by atoms with Crippen molar-refractivity contribution < 1.29 is 22.7 Å². The van der Waals surface area contributed by atoms with E-state index in [1.807, 2.05) is 0 Å². The monoisotopic (exact) mass is 497 g/mol. The van der Waals surface area contributed by atoms with Crippen LogP contribution in [0.4, 0.5) is 34.9 Å². The number of halogens is 4. The second kappa shape index (κ2) is 10.9. The first-order chi connectivity index (χ1) is 17.3. The highest BCUT2D eigenvalue weighted by Gasteiger charge is 2.30. The summed E-state index contributed by atoms with van der Waals surface area (Å²) in [4.78, 5) is 16.3. The van der Waals surface area contributed by atoms with Gasteiger partial charge in [-0.2, -0.15) is 18.3 Å². The molecule has 12 heteroatoms. The van der Waals surface area contributed by atoms with Gasteiger partial charge in [0.25, 0.3) is 0 Å². The van der Waals surface area contributed by atoms with Gasteiger partial charge in [-0.15, -0.1) is 0 Å². The Labute approximate surface area is 202 Å². The van der Waals surface area contributed by atoms with E-state index in [1.165, 1.54) is 30.7 Å². The molecule has 0 bridgehead atoms. The number of nitrogens with one attached hydrogen (secondary N) is 2. The summed E-state index contributed by atoms with van der Waals surface area (Å²) in [6, 6.07) is 11.4. The number of anilines is 3. The molecule has 4 rings (SSSR count). The van der Waals surface area contributed by atoms with E-state index in [9.17, 15) is 17.6 Å². The number of pyridine rings is 2. The van der Waals surface area contributed by atoms with Crippen LogP contribution in [0.15, 0.2) is 72.2 Å². The summed E-state index contributed by atoms with van der Waals surface area (Å²) in [5.41, 5.74) is 4.21. The summed E-state index contributed by atoms with van der Waals surface area (Å²) in [6.45, 7) is -0.0375. The Balaban J connectivity index is 1.39. The Morgan fingerprint density at radius 3 is 2.50 bits per heavy atom. The van der Waals surface area contributed by atoms with Crippen LogP contribution in [0.5, 0.6) is 0 Å². The molecule has 184 valence electrons. The minimum atomic E-state index is -4.43. The SMILES string of the molecule is OCCc1ccc(-c2nc(N/N=C/c3ccc(Nc4cccc(C(F)(F)F)c4)cn3)ncc2F)cn1. The van der Waals surface area contributed by atoms with Gasteiger partial charge in [0.1, 0.15) is 5.69 Å². The molecule has 3 heterocycles. The molecule has 0 spiro atoms. The number of aromatic nitrogens is 4. The summed E-state index contributed by atoms with van der Waals surface area (Å²) >= 11 is 0. The first kappa shape index (κ1) is 24.7. The number of hydrogen-bond donors (Lipinski definition) is 3. The third-order valence-corrected chi connectivity index (χ3v) is 4.84. The van der Waals surface area contributed by atoms with Crippen LogP contribution in [-0.4, -0.2) is 37.9 Å². The van der Waals surface area contributed by atoms with Crippen LogP contribution in [0.2, 0.25) is 0 Å². The van der Waals surface area contributed by atoms with E-state index in [0.29, 0.717) is 29.1 Å². The van der Waals surface area contributed by atoms with Gasteiger partial charge in [-0.25, -0.2) is 19.8 Å². The van der Waals surface area contributed by atoms with Crippen molar-refractivity contribution in [1.29, 1.82) is 0 Å². The topological polar surface area (TPSA) is 108 Å². The number of hydrogen-bond acceptors (Lipinski definition) is 8. The average Bonchev–Trinajstić information content (AvgIpc) is 2.87. The van der Waals surface area contributed by atoms with Crippen molar-refractivity contribution >= 4 is 23.5 Å². The highest BCUT2D eigenvalue weighted by molar-refractivity contribution is 5.78. The van der Waals surface area contributed by atoms with Crippen molar-refractivity contribution in [1.82, 2.24) is 19.9 Å². The van der Waals surface area contributed by atoms with E-state index in [4.69, 9.17) is 5.11 Å². The summed E-state index contributed by atoms with van der Waals surface area (Å²) in [7, 11) is 0. The molecular weight excluding hydrogens is 478 g/mol. The minimum absolute atomic E-state index is 0.0360. The summed E-state index contributed by atoms with van der Waals surface area (Å²) < 4.78 is 52.8. The lowest BCUT2D eigenvalue weighted by atomic mass is 10.1. The predicted octanol–water partition coefficient (Wildman–Crippen LogP) is 4.82. The maximum absolute atomic E-state index is 14.2. The Kier molecular flexibility index (Phi) is 7.44. The Bertz CT molecular complexity index is 1340. The second-order valence-corrected chi connectivity index (χ2v) is 7.45. The second-order valence-electron chi connectivity index (χ2n) is 7.45. The number of benzene rings is 1. The maximum Gasteiger partial charge on any atom is 0.416 e. The highest BCUT2D eigenvalue weighted by atomic mass is 19.4. The van der Waals surface area contributed by atoms with Crippen molar-refractivity contribution in [2.75, 3.05) is 17.3 Å². The Hall–Kier alpha value is -4.45. The normalized spacial score (nSPS) is 11.6. The molecule has 0 aliphatic heterocycles. The van der Waals surface area contributed by atoms with E-state index < -0.39 is 17.6 Å². The van der Waals surface area contributed by atoms with Crippen LogP contribution >= 0.6 is 0 Å². The van der Waals surface area contributed by atoms with Crippen molar-refractivity contribution in [3.63, 3.8) is 0 Å². The summed E-state index contributed by atoms with van der Waals surface area (Å²) in [5, 5.41) is 15.8. The highest BCUT2D eigenvalue weighted by Crippen LogP contribution is 2.31. The van der Waals surface area contributed by atoms with Gasteiger partial charge in [0.05, 0.1) is 35.6 Å². The molecule has 0 atom stereocenters. The molecule has 36 heavy (non-hydrogen) atoms. The number of aliphatic hydroxyl groups excluding tert-OH is 1. The Morgan fingerprint density at radius 2 is 1.81 bits per heavy atom. The maximum atomic E-state index is 14.2. The van der Waals surface area contributed by atoms with Gasteiger partial charge in [-0.1, -0.05) is 6.07 Å². The molecule has 0 aliphatic carbocycles. The third kappa shape index (κ3) is 6.36. The molecular formula is C24H19F4N7O. The van der Waals surface area contributed by atoms with Crippen molar-refractivity contribution in [2.24, 2.45) is 5.10 Å². The van der Waals surface area contributed by atoms with Crippen molar-refractivity contribution in [3.05, 3.63) is 89.9 Å². The first-order valence-electron chi connectivity index (χ1n) is 10.6. The molecule has 0 saturated heterocycles. The molecule has 0 amide bonds. The molecule has 3 aromatic heterocycles. The lowest BCUT2D eigenvalue weighted by Crippen LogP contribution is -2.05. The van der Waals surface area contributed by atoms with Crippen LogP contribution in [0.25, 0.3) is 11.3 Å². The number of alkyl halides is 3. The number of nitrogens with zero attached hydrogens (tertiary/aromatic N) is 5. The smallest absolute Gasteiger partial charge is 0.396 e. The van der Waals surface area contributed by atoms with Crippen LogP contribution in [0, 0.1) is 5.82 Å². The molecule has 1 aromatic carbocycles. The van der Waals surface area contributed by atoms with E-state index >= 15 is 0 Å². The van der Waals surface area contributed by atoms with Gasteiger partial charge in [0.15, 0.2) is 5.82 Å². The van der Waals surface area contributed by atoms with E-state index in [2.05, 4.69) is 35.8 Å².